The molecule has 6 nitrogen and oxygen atoms in total. The van der Waals surface area contributed by atoms with E-state index in [0.29, 0.717) is 33.6 Å². The number of rotatable bonds is 9. The molecule has 0 aliphatic carbocycles. The highest BCUT2D eigenvalue weighted by molar-refractivity contribution is 8.18. The minimum absolute atomic E-state index is 0.151. The molecule has 1 aliphatic rings. The first-order valence-electron chi connectivity index (χ1n) is 9.46. The molecule has 0 atom stereocenters. The minimum Gasteiger partial charge on any atom is -0.493 e. The molecule has 1 aliphatic heterocycles. The first kappa shape index (κ1) is 22.8. The summed E-state index contributed by atoms with van der Waals surface area (Å²) < 4.78 is 16.5. The smallest absolute Gasteiger partial charge is 0.293 e. The normalized spacial score (nSPS) is 14.8. The lowest BCUT2D eigenvalue weighted by molar-refractivity contribution is -0.123. The van der Waals surface area contributed by atoms with Gasteiger partial charge in [-0.2, -0.15) is 0 Å². The molecule has 0 radical (unpaired) electrons. The molecule has 162 valence electrons. The molecule has 0 spiro atoms. The van der Waals surface area contributed by atoms with Crippen LogP contribution in [0.4, 0.5) is 4.79 Å². The number of carbonyl (C=O) groups excluding carboxylic acids is 2. The predicted octanol–water partition coefficient (Wildman–Crippen LogP) is 5.20. The van der Waals surface area contributed by atoms with E-state index in [1.807, 2.05) is 6.07 Å². The number of nitrogens with zero attached hydrogens (tertiary/aromatic N) is 1. The summed E-state index contributed by atoms with van der Waals surface area (Å²) in [5.41, 5.74) is 1.61. The average Bonchev–Trinajstić information content (AvgIpc) is 3.02. The third-order valence-corrected chi connectivity index (χ3v) is 5.67. The second-order valence-corrected chi connectivity index (χ2v) is 7.97. The molecule has 0 bridgehead atoms. The van der Waals surface area contributed by atoms with Crippen molar-refractivity contribution in [3.05, 3.63) is 70.1 Å². The van der Waals surface area contributed by atoms with E-state index >= 15 is 0 Å². The van der Waals surface area contributed by atoms with Crippen LogP contribution in [0.5, 0.6) is 17.2 Å². The van der Waals surface area contributed by atoms with Crippen LogP contribution in [0, 0.1) is 0 Å². The van der Waals surface area contributed by atoms with Gasteiger partial charge in [0.1, 0.15) is 12.4 Å². The van der Waals surface area contributed by atoms with Crippen molar-refractivity contribution in [1.82, 2.24) is 4.90 Å². The number of imide groups is 1. The number of benzene rings is 2. The number of amides is 2. The van der Waals surface area contributed by atoms with Gasteiger partial charge in [0.2, 0.25) is 0 Å². The van der Waals surface area contributed by atoms with Crippen molar-refractivity contribution >= 4 is 40.6 Å². The summed E-state index contributed by atoms with van der Waals surface area (Å²) in [4.78, 5) is 26.6. The fourth-order valence-corrected chi connectivity index (χ4v) is 4.08. The van der Waals surface area contributed by atoms with E-state index in [2.05, 4.69) is 6.58 Å². The number of hydrogen-bond donors (Lipinski definition) is 0. The molecule has 1 saturated heterocycles. The molecule has 0 saturated carbocycles. The lowest BCUT2D eigenvalue weighted by Crippen LogP contribution is -2.32. The highest BCUT2D eigenvalue weighted by Gasteiger charge is 2.34. The Kier molecular flexibility index (Phi) is 7.65. The Labute approximate surface area is 190 Å². The van der Waals surface area contributed by atoms with E-state index in [-0.39, 0.29) is 24.3 Å². The highest BCUT2D eigenvalue weighted by atomic mass is 35.5. The zero-order valence-electron chi connectivity index (χ0n) is 17.2. The molecule has 2 aromatic carbocycles. The molecule has 0 aromatic heterocycles. The number of thioether (sulfide) groups is 1. The Morgan fingerprint density at radius 3 is 2.52 bits per heavy atom. The molecule has 0 unspecified atom stereocenters. The van der Waals surface area contributed by atoms with Crippen LogP contribution in [0.2, 0.25) is 5.02 Å². The quantitative estimate of drug-likeness (QED) is 0.379. The molecule has 2 amide bonds. The van der Waals surface area contributed by atoms with E-state index < -0.39 is 0 Å². The van der Waals surface area contributed by atoms with Gasteiger partial charge in [0.15, 0.2) is 11.5 Å². The Morgan fingerprint density at radius 1 is 1.13 bits per heavy atom. The summed E-state index contributed by atoms with van der Waals surface area (Å²) >= 11 is 6.75. The van der Waals surface area contributed by atoms with Gasteiger partial charge in [-0.3, -0.25) is 14.5 Å². The second-order valence-electron chi connectivity index (χ2n) is 6.54. The van der Waals surface area contributed by atoms with Crippen LogP contribution in [0.3, 0.4) is 0 Å². The van der Waals surface area contributed by atoms with Crippen molar-refractivity contribution in [1.29, 1.82) is 0 Å². The van der Waals surface area contributed by atoms with Gasteiger partial charge in [0.25, 0.3) is 11.1 Å². The van der Waals surface area contributed by atoms with Gasteiger partial charge in [0.05, 0.1) is 25.7 Å². The van der Waals surface area contributed by atoms with Gasteiger partial charge in [-0.15, -0.1) is 6.58 Å². The molecular formula is C23H22ClNO5S. The summed E-state index contributed by atoms with van der Waals surface area (Å²) in [6, 6.07) is 10.5. The summed E-state index contributed by atoms with van der Waals surface area (Å²) in [7, 11) is 3.12. The largest absolute Gasteiger partial charge is 0.493 e. The van der Waals surface area contributed by atoms with E-state index in [4.69, 9.17) is 25.8 Å². The second kappa shape index (κ2) is 10.4. The number of halogens is 1. The maximum absolute atomic E-state index is 12.8. The molecule has 0 N–H and O–H groups in total. The third kappa shape index (κ3) is 5.42. The van der Waals surface area contributed by atoms with Crippen molar-refractivity contribution in [2.45, 2.75) is 6.42 Å². The molecule has 2 aromatic rings. The van der Waals surface area contributed by atoms with Gasteiger partial charge in [-0.05, 0) is 66.2 Å². The van der Waals surface area contributed by atoms with Crippen molar-refractivity contribution in [2.24, 2.45) is 0 Å². The lowest BCUT2D eigenvalue weighted by Gasteiger charge is -2.14. The Bertz CT molecular complexity index is 1020. The summed E-state index contributed by atoms with van der Waals surface area (Å²) in [5, 5.41) is 0.276. The maximum atomic E-state index is 12.8. The predicted molar refractivity (Wildman–Crippen MR) is 123 cm³/mol. The van der Waals surface area contributed by atoms with Gasteiger partial charge in [-0.1, -0.05) is 17.7 Å². The van der Waals surface area contributed by atoms with E-state index in [9.17, 15) is 9.59 Å². The van der Waals surface area contributed by atoms with Crippen molar-refractivity contribution in [3.8, 4) is 17.2 Å². The van der Waals surface area contributed by atoms with Gasteiger partial charge >= 0.3 is 0 Å². The Morgan fingerprint density at radius 2 is 1.87 bits per heavy atom. The van der Waals surface area contributed by atoms with Crippen molar-refractivity contribution in [2.75, 3.05) is 27.4 Å². The number of methoxy groups -OCH3 is 2. The van der Waals surface area contributed by atoms with E-state index in [1.54, 1.807) is 56.7 Å². The minimum atomic E-state index is -0.352. The maximum Gasteiger partial charge on any atom is 0.293 e. The zero-order chi connectivity index (χ0) is 22.4. The van der Waals surface area contributed by atoms with Crippen molar-refractivity contribution in [3.63, 3.8) is 0 Å². The molecule has 1 fully saturated rings. The standard InChI is InChI=1S/C23H22ClNO5S/c1-4-5-16-12-15(13-19(28-2)21(16)29-3)14-20-22(26)25(23(27)31-20)10-11-30-18-8-6-17(24)7-9-18/h4,6-9,12-14H,1,5,10-11H2,2-3H3/b20-14-. The van der Waals surface area contributed by atoms with Crippen LogP contribution in [0.25, 0.3) is 6.08 Å². The molecular weight excluding hydrogens is 438 g/mol. The first-order valence-corrected chi connectivity index (χ1v) is 10.7. The number of allylic oxidation sites excluding steroid dienone is 1. The van der Waals surface area contributed by atoms with Crippen LogP contribution in [-0.4, -0.2) is 43.4 Å². The third-order valence-electron chi connectivity index (χ3n) is 4.51. The topological polar surface area (TPSA) is 65.1 Å². The Balaban J connectivity index is 1.74. The Hall–Kier alpha value is -2.90. The van der Waals surface area contributed by atoms with Crippen molar-refractivity contribution < 1.29 is 23.8 Å². The SMILES string of the molecule is C=CCc1cc(/C=C2\SC(=O)N(CCOc3ccc(Cl)cc3)C2=O)cc(OC)c1OC. The number of hydrogen-bond acceptors (Lipinski definition) is 6. The average molecular weight is 460 g/mol. The molecule has 1 heterocycles. The van der Waals surface area contributed by atoms with E-state index in [0.717, 1.165) is 22.9 Å². The molecule has 31 heavy (non-hydrogen) atoms. The van der Waals surface area contributed by atoms with Gasteiger partial charge in [0, 0.05) is 10.6 Å². The fourth-order valence-electron chi connectivity index (χ4n) is 3.09. The van der Waals surface area contributed by atoms with Crippen LogP contribution in [0.1, 0.15) is 11.1 Å². The summed E-state index contributed by atoms with van der Waals surface area (Å²) in [5.74, 6) is 1.43. The number of carbonyl (C=O) groups is 2. The van der Waals surface area contributed by atoms with Crippen LogP contribution >= 0.6 is 23.4 Å². The lowest BCUT2D eigenvalue weighted by atomic mass is 10.0. The van der Waals surface area contributed by atoms with Crippen LogP contribution in [0.15, 0.2) is 54.0 Å². The number of ether oxygens (including phenoxy) is 3. The zero-order valence-corrected chi connectivity index (χ0v) is 18.8. The fraction of sp³-hybridized carbons (Fsp3) is 0.217. The van der Waals surface area contributed by atoms with E-state index in [1.165, 1.54) is 4.90 Å². The first-order chi connectivity index (χ1) is 15.0. The molecule has 3 rings (SSSR count). The summed E-state index contributed by atoms with van der Waals surface area (Å²) in [6.45, 7) is 4.11. The molecule has 8 heteroatoms. The van der Waals surface area contributed by atoms with Gasteiger partial charge in [-0.25, -0.2) is 0 Å². The van der Waals surface area contributed by atoms with Gasteiger partial charge < -0.3 is 14.2 Å². The highest BCUT2D eigenvalue weighted by Crippen LogP contribution is 2.36. The van der Waals surface area contributed by atoms with Crippen LogP contribution in [-0.2, 0) is 11.2 Å². The summed E-state index contributed by atoms with van der Waals surface area (Å²) in [6.07, 6.45) is 4.01. The monoisotopic (exact) mass is 459 g/mol. The van der Waals surface area contributed by atoms with Crippen LogP contribution < -0.4 is 14.2 Å².